The molecular formula is C13H26N2O3. The first kappa shape index (κ1) is 15.4. The fourth-order valence-corrected chi connectivity index (χ4v) is 2.13. The van der Waals surface area contributed by atoms with Gasteiger partial charge in [0.05, 0.1) is 6.10 Å². The summed E-state index contributed by atoms with van der Waals surface area (Å²) in [4.78, 5) is 16.0. The van der Waals surface area contributed by atoms with E-state index in [1.165, 1.54) is 0 Å². The topological polar surface area (TPSA) is 53.0 Å². The zero-order chi connectivity index (χ0) is 13.4. The van der Waals surface area contributed by atoms with E-state index in [0.29, 0.717) is 13.0 Å². The molecular weight excluding hydrogens is 232 g/mol. The van der Waals surface area contributed by atoms with Gasteiger partial charge in [0.25, 0.3) is 0 Å². The molecule has 1 aliphatic heterocycles. The monoisotopic (exact) mass is 258 g/mol. The molecule has 18 heavy (non-hydrogen) atoms. The van der Waals surface area contributed by atoms with Crippen LogP contribution in [-0.4, -0.2) is 73.4 Å². The Balaban J connectivity index is 2.20. The maximum absolute atomic E-state index is 11.9. The maximum Gasteiger partial charge on any atom is 0.222 e. The SMILES string of the molecule is CC[C@H](O)CN1CCN(C(=O)CCCOC)CC1. The van der Waals surface area contributed by atoms with Gasteiger partial charge in [0, 0.05) is 52.9 Å². The van der Waals surface area contributed by atoms with Crippen LogP contribution in [-0.2, 0) is 9.53 Å². The van der Waals surface area contributed by atoms with E-state index in [1.807, 2.05) is 11.8 Å². The van der Waals surface area contributed by atoms with E-state index in [0.717, 1.165) is 45.6 Å². The van der Waals surface area contributed by atoms with Crippen molar-refractivity contribution in [1.82, 2.24) is 9.80 Å². The first-order valence-electron chi connectivity index (χ1n) is 6.84. The molecule has 0 aromatic heterocycles. The molecule has 0 radical (unpaired) electrons. The molecule has 1 rings (SSSR count). The summed E-state index contributed by atoms with van der Waals surface area (Å²) in [6.07, 6.45) is 1.92. The normalized spacial score (nSPS) is 18.9. The number of β-amino-alcohol motifs (C(OH)–C–C–N with tert-alkyl or cyclic N) is 1. The van der Waals surface area contributed by atoms with Gasteiger partial charge >= 0.3 is 0 Å². The third kappa shape index (κ3) is 5.33. The number of hydrogen-bond donors (Lipinski definition) is 1. The molecule has 1 atom stereocenters. The lowest BCUT2D eigenvalue weighted by atomic mass is 10.2. The molecule has 1 N–H and O–H groups in total. The molecule has 1 fully saturated rings. The molecule has 0 aromatic rings. The van der Waals surface area contributed by atoms with E-state index >= 15 is 0 Å². The summed E-state index contributed by atoms with van der Waals surface area (Å²) < 4.78 is 4.95. The Morgan fingerprint density at radius 3 is 2.56 bits per heavy atom. The van der Waals surface area contributed by atoms with Gasteiger partial charge < -0.3 is 14.7 Å². The summed E-state index contributed by atoms with van der Waals surface area (Å²) >= 11 is 0. The molecule has 1 amide bonds. The van der Waals surface area contributed by atoms with Crippen LogP contribution < -0.4 is 0 Å². The number of rotatable bonds is 7. The van der Waals surface area contributed by atoms with Crippen molar-refractivity contribution in [2.45, 2.75) is 32.3 Å². The highest BCUT2D eigenvalue weighted by atomic mass is 16.5. The Bertz CT molecular complexity index is 240. The molecule has 1 aliphatic rings. The predicted molar refractivity (Wildman–Crippen MR) is 70.4 cm³/mol. The minimum Gasteiger partial charge on any atom is -0.392 e. The number of aliphatic hydroxyl groups excluding tert-OH is 1. The van der Waals surface area contributed by atoms with Crippen molar-refractivity contribution in [3.63, 3.8) is 0 Å². The second-order valence-corrected chi connectivity index (χ2v) is 4.84. The van der Waals surface area contributed by atoms with Gasteiger partial charge in [-0.3, -0.25) is 9.69 Å². The molecule has 0 bridgehead atoms. The maximum atomic E-state index is 11.9. The van der Waals surface area contributed by atoms with E-state index in [-0.39, 0.29) is 12.0 Å². The van der Waals surface area contributed by atoms with Crippen LogP contribution in [0.5, 0.6) is 0 Å². The Morgan fingerprint density at radius 2 is 2.00 bits per heavy atom. The summed E-state index contributed by atoms with van der Waals surface area (Å²) in [5.74, 6) is 0.225. The zero-order valence-electron chi connectivity index (χ0n) is 11.6. The Hall–Kier alpha value is -0.650. The van der Waals surface area contributed by atoms with Crippen LogP contribution in [0.25, 0.3) is 0 Å². The zero-order valence-corrected chi connectivity index (χ0v) is 11.6. The van der Waals surface area contributed by atoms with Crippen LogP contribution in [0.3, 0.4) is 0 Å². The number of amides is 1. The number of methoxy groups -OCH3 is 1. The number of ether oxygens (including phenoxy) is 1. The quantitative estimate of drug-likeness (QED) is 0.669. The lowest BCUT2D eigenvalue weighted by Crippen LogP contribution is -2.50. The molecule has 1 heterocycles. The minimum atomic E-state index is -0.242. The first-order valence-corrected chi connectivity index (χ1v) is 6.84. The van der Waals surface area contributed by atoms with Gasteiger partial charge in [0.1, 0.15) is 0 Å². The Labute approximate surface area is 110 Å². The van der Waals surface area contributed by atoms with Crippen molar-refractivity contribution < 1.29 is 14.6 Å². The molecule has 0 spiro atoms. The van der Waals surface area contributed by atoms with Crippen LogP contribution in [0, 0.1) is 0 Å². The second kappa shape index (κ2) is 8.45. The van der Waals surface area contributed by atoms with Gasteiger partial charge in [0.15, 0.2) is 0 Å². The summed E-state index contributed by atoms with van der Waals surface area (Å²) in [6.45, 7) is 6.65. The van der Waals surface area contributed by atoms with Crippen molar-refractivity contribution in [3.8, 4) is 0 Å². The highest BCUT2D eigenvalue weighted by Crippen LogP contribution is 2.06. The van der Waals surface area contributed by atoms with Crippen molar-refractivity contribution in [1.29, 1.82) is 0 Å². The number of aliphatic hydroxyl groups is 1. The van der Waals surface area contributed by atoms with Crippen LogP contribution in [0.4, 0.5) is 0 Å². The summed E-state index contributed by atoms with van der Waals surface area (Å²) in [7, 11) is 1.66. The third-order valence-electron chi connectivity index (χ3n) is 3.40. The molecule has 5 heteroatoms. The fourth-order valence-electron chi connectivity index (χ4n) is 2.13. The first-order chi connectivity index (χ1) is 8.67. The van der Waals surface area contributed by atoms with Gasteiger partial charge in [0.2, 0.25) is 5.91 Å². The molecule has 0 unspecified atom stereocenters. The van der Waals surface area contributed by atoms with Gasteiger partial charge in [-0.2, -0.15) is 0 Å². The smallest absolute Gasteiger partial charge is 0.222 e. The van der Waals surface area contributed by atoms with Crippen LogP contribution >= 0.6 is 0 Å². The molecule has 0 aliphatic carbocycles. The average molecular weight is 258 g/mol. The van der Waals surface area contributed by atoms with Crippen molar-refractivity contribution in [3.05, 3.63) is 0 Å². The van der Waals surface area contributed by atoms with Crippen molar-refractivity contribution >= 4 is 5.91 Å². The van der Waals surface area contributed by atoms with E-state index < -0.39 is 0 Å². The molecule has 106 valence electrons. The van der Waals surface area contributed by atoms with E-state index in [2.05, 4.69) is 4.90 Å². The number of hydrogen-bond acceptors (Lipinski definition) is 4. The van der Waals surface area contributed by atoms with Gasteiger partial charge in [-0.25, -0.2) is 0 Å². The number of carbonyl (C=O) groups excluding carboxylic acids is 1. The van der Waals surface area contributed by atoms with Crippen LogP contribution in [0.15, 0.2) is 0 Å². The average Bonchev–Trinajstić information content (AvgIpc) is 2.39. The highest BCUT2D eigenvalue weighted by molar-refractivity contribution is 5.76. The molecule has 0 saturated carbocycles. The Kier molecular flexibility index (Phi) is 7.23. The molecule has 5 nitrogen and oxygen atoms in total. The lowest BCUT2D eigenvalue weighted by Gasteiger charge is -2.35. The van der Waals surface area contributed by atoms with Gasteiger partial charge in [-0.15, -0.1) is 0 Å². The molecule has 1 saturated heterocycles. The summed E-state index contributed by atoms with van der Waals surface area (Å²) in [5, 5.41) is 9.59. The summed E-state index contributed by atoms with van der Waals surface area (Å²) in [5.41, 5.74) is 0. The van der Waals surface area contributed by atoms with Crippen molar-refractivity contribution in [2.24, 2.45) is 0 Å². The number of piperazine rings is 1. The standard InChI is InChI=1S/C13H26N2O3/c1-3-12(16)11-14-6-8-15(9-7-14)13(17)5-4-10-18-2/h12,16H,3-11H2,1-2H3/t12-/m0/s1. The van der Waals surface area contributed by atoms with Crippen LogP contribution in [0.2, 0.25) is 0 Å². The second-order valence-electron chi connectivity index (χ2n) is 4.84. The summed E-state index contributed by atoms with van der Waals surface area (Å²) in [6, 6.07) is 0. The highest BCUT2D eigenvalue weighted by Gasteiger charge is 2.21. The van der Waals surface area contributed by atoms with E-state index in [9.17, 15) is 9.90 Å². The predicted octanol–water partition coefficient (Wildman–Crippen LogP) is 0.328. The van der Waals surface area contributed by atoms with E-state index in [1.54, 1.807) is 7.11 Å². The van der Waals surface area contributed by atoms with Gasteiger partial charge in [-0.1, -0.05) is 6.92 Å². The van der Waals surface area contributed by atoms with Crippen molar-refractivity contribution in [2.75, 3.05) is 46.4 Å². The largest absolute Gasteiger partial charge is 0.392 e. The third-order valence-corrected chi connectivity index (χ3v) is 3.40. The Morgan fingerprint density at radius 1 is 1.33 bits per heavy atom. The van der Waals surface area contributed by atoms with Gasteiger partial charge in [-0.05, 0) is 12.8 Å². The fraction of sp³-hybridized carbons (Fsp3) is 0.923. The lowest BCUT2D eigenvalue weighted by molar-refractivity contribution is -0.133. The minimum absolute atomic E-state index is 0.225. The van der Waals surface area contributed by atoms with Crippen LogP contribution in [0.1, 0.15) is 26.2 Å². The number of carbonyl (C=O) groups is 1. The molecule has 0 aromatic carbocycles. The number of nitrogens with zero attached hydrogens (tertiary/aromatic N) is 2. The van der Waals surface area contributed by atoms with E-state index in [4.69, 9.17) is 4.74 Å².